The van der Waals surface area contributed by atoms with Crippen LogP contribution < -0.4 is 10.1 Å². The van der Waals surface area contributed by atoms with Gasteiger partial charge in [0.1, 0.15) is 12.4 Å². The number of hydrogen-bond donors (Lipinski definition) is 2. The zero-order valence-electron chi connectivity index (χ0n) is 21.4. The molecule has 202 valence electrons. The minimum atomic E-state index is -1.21. The van der Waals surface area contributed by atoms with E-state index in [0.717, 1.165) is 22.3 Å². The van der Waals surface area contributed by atoms with E-state index in [2.05, 4.69) is 15.3 Å². The molecular formula is C29H30ClN5O4. The van der Waals surface area contributed by atoms with E-state index < -0.39 is 5.54 Å². The van der Waals surface area contributed by atoms with E-state index in [9.17, 15) is 4.79 Å². The number of amides is 1. The second-order valence-electron chi connectivity index (χ2n) is 9.12. The summed E-state index contributed by atoms with van der Waals surface area (Å²) in [5.74, 6) is 0.777. The van der Waals surface area contributed by atoms with Gasteiger partial charge in [0, 0.05) is 41.5 Å². The van der Waals surface area contributed by atoms with Crippen LogP contribution in [0.2, 0.25) is 5.02 Å². The Bertz CT molecular complexity index is 1360. The summed E-state index contributed by atoms with van der Waals surface area (Å²) >= 11 is 6.28. The molecule has 0 aliphatic carbocycles. The van der Waals surface area contributed by atoms with Crippen LogP contribution >= 0.6 is 11.6 Å². The van der Waals surface area contributed by atoms with E-state index in [0.29, 0.717) is 42.7 Å². The van der Waals surface area contributed by atoms with Crippen LogP contribution in [0, 0.1) is 0 Å². The number of nitrogens with zero attached hydrogens (tertiary/aromatic N) is 4. The molecule has 9 nitrogen and oxygen atoms in total. The minimum Gasteiger partial charge on any atom is -0.494 e. The summed E-state index contributed by atoms with van der Waals surface area (Å²) in [6, 6.07) is 22.3. The van der Waals surface area contributed by atoms with Gasteiger partial charge < -0.3 is 19.9 Å². The van der Waals surface area contributed by atoms with Gasteiger partial charge in [0.2, 0.25) is 5.90 Å². The van der Waals surface area contributed by atoms with Crippen LogP contribution in [0.4, 0.5) is 0 Å². The Balaban J connectivity index is 1.57. The lowest BCUT2D eigenvalue weighted by Crippen LogP contribution is -2.49. The highest BCUT2D eigenvalue weighted by atomic mass is 35.5. The monoisotopic (exact) mass is 547 g/mol. The zero-order chi connectivity index (χ0) is 27.5. The Labute approximate surface area is 232 Å². The second-order valence-corrected chi connectivity index (χ2v) is 9.53. The normalized spacial score (nSPS) is 16.1. The summed E-state index contributed by atoms with van der Waals surface area (Å²) in [5, 5.41) is 16.3. The van der Waals surface area contributed by atoms with Crippen molar-refractivity contribution < 1.29 is 19.4 Å². The SMILES string of the molecule is [N-]=[N+]=NCc1ccccc1C[C@]1(C(=O)NCCc2ccccc2Cl)COC(c2ccc(OCCCO)cc2)=N1. The number of aliphatic imine (C=N–C) groups is 1. The van der Waals surface area contributed by atoms with E-state index in [1.165, 1.54) is 0 Å². The lowest BCUT2D eigenvalue weighted by Gasteiger charge is -2.24. The Morgan fingerprint density at radius 3 is 2.54 bits per heavy atom. The fourth-order valence-electron chi connectivity index (χ4n) is 4.31. The van der Waals surface area contributed by atoms with E-state index in [1.807, 2.05) is 60.7 Å². The van der Waals surface area contributed by atoms with Gasteiger partial charge in [0.15, 0.2) is 5.54 Å². The molecule has 10 heteroatoms. The molecule has 1 aliphatic rings. The number of aliphatic hydroxyl groups excluding tert-OH is 1. The number of hydrogen-bond acceptors (Lipinski definition) is 6. The lowest BCUT2D eigenvalue weighted by molar-refractivity contribution is -0.126. The second kappa shape index (κ2) is 13.7. The summed E-state index contributed by atoms with van der Waals surface area (Å²) < 4.78 is 11.6. The molecule has 0 fully saturated rings. The molecule has 0 bridgehead atoms. The molecule has 3 aromatic rings. The first-order chi connectivity index (χ1) is 19.0. The van der Waals surface area contributed by atoms with Gasteiger partial charge in [-0.05, 0) is 59.0 Å². The van der Waals surface area contributed by atoms with Crippen LogP contribution in [0.5, 0.6) is 5.75 Å². The molecule has 0 aromatic heterocycles. The van der Waals surface area contributed by atoms with Crippen LogP contribution in [0.15, 0.2) is 82.9 Å². The summed E-state index contributed by atoms with van der Waals surface area (Å²) in [7, 11) is 0. The molecular weight excluding hydrogens is 518 g/mol. The zero-order valence-corrected chi connectivity index (χ0v) is 22.2. The maximum Gasteiger partial charge on any atom is 0.251 e. The molecule has 1 atom stereocenters. The predicted octanol–water partition coefficient (Wildman–Crippen LogP) is 5.03. The van der Waals surface area contributed by atoms with E-state index in [-0.39, 0.29) is 32.1 Å². The number of carbonyl (C=O) groups excluding carboxylic acids is 1. The van der Waals surface area contributed by atoms with Gasteiger partial charge in [0.05, 0.1) is 13.2 Å². The van der Waals surface area contributed by atoms with Crippen molar-refractivity contribution in [1.82, 2.24) is 5.32 Å². The number of ether oxygens (including phenoxy) is 2. The van der Waals surface area contributed by atoms with Gasteiger partial charge in [-0.15, -0.1) is 0 Å². The van der Waals surface area contributed by atoms with Crippen molar-refractivity contribution in [3.63, 3.8) is 0 Å². The topological polar surface area (TPSA) is 129 Å². The fraction of sp³-hybridized carbons (Fsp3) is 0.310. The molecule has 0 radical (unpaired) electrons. The largest absolute Gasteiger partial charge is 0.494 e. The van der Waals surface area contributed by atoms with Crippen molar-refractivity contribution in [2.24, 2.45) is 10.1 Å². The molecule has 0 saturated carbocycles. The van der Waals surface area contributed by atoms with Gasteiger partial charge in [-0.2, -0.15) is 0 Å². The average Bonchev–Trinajstić information content (AvgIpc) is 3.39. The third kappa shape index (κ3) is 7.29. The maximum atomic E-state index is 13.7. The van der Waals surface area contributed by atoms with E-state index in [1.54, 1.807) is 12.1 Å². The lowest BCUT2D eigenvalue weighted by atomic mass is 9.89. The average molecular weight is 548 g/mol. The molecule has 1 amide bonds. The summed E-state index contributed by atoms with van der Waals surface area (Å²) in [5.41, 5.74) is 11.0. The van der Waals surface area contributed by atoms with Crippen molar-refractivity contribution in [3.05, 3.63) is 111 Å². The molecule has 0 unspecified atom stereocenters. The number of azide groups is 1. The van der Waals surface area contributed by atoms with Crippen LogP contribution in [0.25, 0.3) is 10.4 Å². The van der Waals surface area contributed by atoms with E-state index in [4.69, 9.17) is 36.7 Å². The summed E-state index contributed by atoms with van der Waals surface area (Å²) in [6.07, 6.45) is 1.39. The number of rotatable bonds is 13. The number of aliphatic hydroxyl groups is 1. The summed E-state index contributed by atoms with van der Waals surface area (Å²) in [4.78, 5) is 21.4. The Morgan fingerprint density at radius 2 is 1.82 bits per heavy atom. The number of carbonyl (C=O) groups is 1. The smallest absolute Gasteiger partial charge is 0.251 e. The Hall–Kier alpha value is -4.04. The van der Waals surface area contributed by atoms with Crippen molar-refractivity contribution >= 4 is 23.4 Å². The molecule has 39 heavy (non-hydrogen) atoms. The molecule has 2 N–H and O–H groups in total. The molecule has 0 saturated heterocycles. The van der Waals surface area contributed by atoms with Crippen molar-refractivity contribution in [2.75, 3.05) is 26.4 Å². The number of halogens is 1. The van der Waals surface area contributed by atoms with Gasteiger partial charge in [-0.25, -0.2) is 4.99 Å². The Kier molecular flexibility index (Phi) is 9.80. The van der Waals surface area contributed by atoms with Crippen LogP contribution in [-0.2, 0) is 28.9 Å². The first kappa shape index (κ1) is 28.0. The highest BCUT2D eigenvalue weighted by Gasteiger charge is 2.44. The highest BCUT2D eigenvalue weighted by Crippen LogP contribution is 2.29. The third-order valence-corrected chi connectivity index (χ3v) is 6.77. The van der Waals surface area contributed by atoms with E-state index >= 15 is 0 Å². The van der Waals surface area contributed by atoms with Gasteiger partial charge in [-0.3, -0.25) is 4.79 Å². The van der Waals surface area contributed by atoms with Gasteiger partial charge in [-0.1, -0.05) is 59.2 Å². The standard InChI is InChI=1S/C29H30ClN5O4/c30-26-9-4-3-6-21(26)14-15-32-28(37)29(18-23-7-1-2-8-24(23)19-33-35-31)20-39-27(34-29)22-10-12-25(13-11-22)38-17-5-16-36/h1-4,6-13,36H,5,14-20H2,(H,32,37)/t29-/m1/s1. The van der Waals surface area contributed by atoms with Crippen molar-refractivity contribution in [2.45, 2.75) is 31.3 Å². The molecule has 4 rings (SSSR count). The molecule has 1 heterocycles. The van der Waals surface area contributed by atoms with Crippen molar-refractivity contribution in [3.8, 4) is 5.75 Å². The number of benzene rings is 3. The van der Waals surface area contributed by atoms with Crippen LogP contribution in [0.1, 0.15) is 28.7 Å². The third-order valence-electron chi connectivity index (χ3n) is 6.40. The van der Waals surface area contributed by atoms with Crippen molar-refractivity contribution in [1.29, 1.82) is 0 Å². The molecule has 1 aliphatic heterocycles. The Morgan fingerprint density at radius 1 is 1.10 bits per heavy atom. The number of nitrogens with one attached hydrogen (secondary N) is 1. The highest BCUT2D eigenvalue weighted by molar-refractivity contribution is 6.31. The van der Waals surface area contributed by atoms with Crippen LogP contribution in [-0.4, -0.2) is 48.8 Å². The fourth-order valence-corrected chi connectivity index (χ4v) is 4.54. The summed E-state index contributed by atoms with van der Waals surface area (Å²) in [6.45, 7) is 1.10. The maximum absolute atomic E-state index is 13.7. The minimum absolute atomic E-state index is 0.0604. The molecule has 0 spiro atoms. The van der Waals surface area contributed by atoms with Gasteiger partial charge in [0.25, 0.3) is 5.91 Å². The van der Waals surface area contributed by atoms with Crippen LogP contribution in [0.3, 0.4) is 0 Å². The quantitative estimate of drug-likeness (QED) is 0.134. The van der Waals surface area contributed by atoms with Gasteiger partial charge >= 0.3 is 0 Å². The predicted molar refractivity (Wildman–Crippen MR) is 150 cm³/mol. The first-order valence-electron chi connectivity index (χ1n) is 12.7. The first-order valence-corrected chi connectivity index (χ1v) is 13.1. The molecule has 3 aromatic carbocycles.